The molecule has 0 aromatic heterocycles. The lowest BCUT2D eigenvalue weighted by Gasteiger charge is -2.38. The Kier molecular flexibility index (Phi) is 11.4. The van der Waals surface area contributed by atoms with Crippen LogP contribution in [0.25, 0.3) is 0 Å². The van der Waals surface area contributed by atoms with Crippen LogP contribution in [0.1, 0.15) is 55.8 Å². The number of ether oxygens (including phenoxy) is 2. The van der Waals surface area contributed by atoms with Gasteiger partial charge in [0.1, 0.15) is 5.82 Å². The fraction of sp³-hybridized carbons (Fsp3) is 0.704. The summed E-state index contributed by atoms with van der Waals surface area (Å²) in [6.45, 7) is 3.92. The molecule has 1 aliphatic heterocycles. The lowest BCUT2D eigenvalue weighted by atomic mass is 9.86. The van der Waals surface area contributed by atoms with Crippen molar-refractivity contribution in [2.24, 2.45) is 11.8 Å². The lowest BCUT2D eigenvalue weighted by molar-refractivity contribution is -0.00970. The minimum absolute atomic E-state index is 0.0550. The predicted octanol–water partition coefficient (Wildman–Crippen LogP) is 3.11. The molecular formula is C27H43FN4O5. The average Bonchev–Trinajstić information content (AvgIpc) is 3.44. The largest absolute Gasteiger partial charge is 0.453 e. The van der Waals surface area contributed by atoms with E-state index in [9.17, 15) is 19.1 Å². The maximum Gasteiger partial charge on any atom is 0.406 e. The van der Waals surface area contributed by atoms with Gasteiger partial charge in [-0.25, -0.2) is 14.0 Å². The van der Waals surface area contributed by atoms with Gasteiger partial charge in [-0.3, -0.25) is 0 Å². The minimum atomic E-state index is -0.590. The number of benzene rings is 1. The minimum Gasteiger partial charge on any atom is -0.453 e. The first-order valence-corrected chi connectivity index (χ1v) is 13.4. The molecule has 2 fully saturated rings. The van der Waals surface area contributed by atoms with Crippen molar-refractivity contribution in [1.82, 2.24) is 20.9 Å². The molecule has 0 spiro atoms. The summed E-state index contributed by atoms with van der Waals surface area (Å²) in [6, 6.07) is 4.07. The van der Waals surface area contributed by atoms with E-state index in [1.807, 2.05) is 14.0 Å². The van der Waals surface area contributed by atoms with E-state index in [2.05, 4.69) is 20.7 Å². The SMILES string of the molecule is CNCC(NC(=O)N1CCCC(C(OCCNC(=O)OC)c2cc(F)ccc2C)C1)C(O)C1CCCC1. The maximum absolute atomic E-state index is 14.2. The van der Waals surface area contributed by atoms with Crippen LogP contribution in [-0.4, -0.2) is 81.2 Å². The third kappa shape index (κ3) is 8.28. The smallest absolute Gasteiger partial charge is 0.406 e. The molecule has 10 heteroatoms. The molecule has 1 saturated heterocycles. The molecule has 1 aromatic rings. The fourth-order valence-corrected chi connectivity index (χ4v) is 5.60. The number of likely N-dealkylation sites (tertiary alicyclic amines) is 1. The number of hydrogen-bond donors (Lipinski definition) is 4. The van der Waals surface area contributed by atoms with Crippen molar-refractivity contribution in [2.75, 3.05) is 46.9 Å². The van der Waals surface area contributed by atoms with E-state index in [0.29, 0.717) is 19.6 Å². The summed E-state index contributed by atoms with van der Waals surface area (Å²) < 4.78 is 25.0. The highest BCUT2D eigenvalue weighted by molar-refractivity contribution is 5.74. The molecule has 1 aromatic carbocycles. The summed E-state index contributed by atoms with van der Waals surface area (Å²) in [7, 11) is 3.11. The van der Waals surface area contributed by atoms with Crippen molar-refractivity contribution in [3.8, 4) is 0 Å². The van der Waals surface area contributed by atoms with E-state index < -0.39 is 18.3 Å². The number of carbonyl (C=O) groups excluding carboxylic acids is 2. The number of hydrogen-bond acceptors (Lipinski definition) is 6. The van der Waals surface area contributed by atoms with Crippen molar-refractivity contribution in [2.45, 2.75) is 63.7 Å². The number of halogens is 1. The van der Waals surface area contributed by atoms with Gasteiger partial charge in [0, 0.05) is 32.1 Å². The van der Waals surface area contributed by atoms with Crippen molar-refractivity contribution in [3.05, 3.63) is 35.1 Å². The van der Waals surface area contributed by atoms with E-state index in [1.165, 1.54) is 19.2 Å². The summed E-state index contributed by atoms with van der Waals surface area (Å²) in [4.78, 5) is 26.5. The quantitative estimate of drug-likeness (QED) is 0.332. The van der Waals surface area contributed by atoms with Crippen molar-refractivity contribution < 1.29 is 28.6 Å². The van der Waals surface area contributed by atoms with Crippen LogP contribution >= 0.6 is 0 Å². The fourth-order valence-electron chi connectivity index (χ4n) is 5.60. The second-order valence-electron chi connectivity index (χ2n) is 10.2. The van der Waals surface area contributed by atoms with Crippen LogP contribution in [0.3, 0.4) is 0 Å². The molecule has 4 atom stereocenters. The van der Waals surface area contributed by atoms with Crippen LogP contribution in [-0.2, 0) is 9.47 Å². The molecule has 1 saturated carbocycles. The van der Waals surface area contributed by atoms with Gasteiger partial charge in [-0.05, 0) is 68.8 Å². The van der Waals surface area contributed by atoms with Gasteiger partial charge in [-0.2, -0.15) is 0 Å². The molecule has 0 bridgehead atoms. The van der Waals surface area contributed by atoms with Crippen molar-refractivity contribution in [1.29, 1.82) is 0 Å². The first kappa shape index (κ1) is 29.1. The van der Waals surface area contributed by atoms with Crippen LogP contribution in [0.5, 0.6) is 0 Å². The monoisotopic (exact) mass is 522 g/mol. The Morgan fingerprint density at radius 3 is 2.62 bits per heavy atom. The first-order chi connectivity index (χ1) is 17.8. The number of rotatable bonds is 11. The summed E-state index contributed by atoms with van der Waals surface area (Å²) in [5.74, 6) is -0.191. The molecule has 1 heterocycles. The maximum atomic E-state index is 14.2. The van der Waals surface area contributed by atoms with Gasteiger partial charge in [-0.1, -0.05) is 18.9 Å². The Balaban J connectivity index is 1.69. The number of aliphatic hydroxyl groups excluding tert-OH is 1. The number of urea groups is 1. The number of amides is 3. The van der Waals surface area contributed by atoms with E-state index in [-0.39, 0.29) is 42.9 Å². The summed E-state index contributed by atoms with van der Waals surface area (Å²) >= 11 is 0. The number of carbonyl (C=O) groups is 2. The Labute approximate surface area is 219 Å². The van der Waals surface area contributed by atoms with Gasteiger partial charge < -0.3 is 35.4 Å². The topological polar surface area (TPSA) is 112 Å². The molecule has 3 amide bonds. The molecule has 1 aliphatic carbocycles. The summed E-state index contributed by atoms with van der Waals surface area (Å²) in [5, 5.41) is 19.7. The molecule has 37 heavy (non-hydrogen) atoms. The Morgan fingerprint density at radius 1 is 1.19 bits per heavy atom. The van der Waals surface area contributed by atoms with E-state index in [0.717, 1.165) is 49.7 Å². The number of aryl methyl sites for hydroxylation is 1. The van der Waals surface area contributed by atoms with Gasteiger partial charge >= 0.3 is 12.1 Å². The van der Waals surface area contributed by atoms with Crippen LogP contribution in [0.4, 0.5) is 14.0 Å². The highest BCUT2D eigenvalue weighted by atomic mass is 19.1. The third-order valence-electron chi connectivity index (χ3n) is 7.60. The molecule has 2 aliphatic rings. The Morgan fingerprint density at radius 2 is 1.92 bits per heavy atom. The van der Waals surface area contributed by atoms with Crippen LogP contribution in [0.2, 0.25) is 0 Å². The summed E-state index contributed by atoms with van der Waals surface area (Å²) in [5.41, 5.74) is 1.65. The van der Waals surface area contributed by atoms with Crippen molar-refractivity contribution >= 4 is 12.1 Å². The highest BCUT2D eigenvalue weighted by Gasteiger charge is 2.35. The standard InChI is InChI=1S/C27H43FN4O5/c1-18-10-11-21(28)15-22(18)25(37-14-12-30-27(35)36-3)20-9-6-13-32(17-20)26(34)31-23(16-29-2)24(33)19-7-4-5-8-19/h10-11,15,19-20,23-25,29,33H,4-9,12-14,16-17H2,1-3H3,(H,30,35)(H,31,34). The van der Waals surface area contributed by atoms with Gasteiger partial charge in [0.25, 0.3) is 0 Å². The number of piperidine rings is 1. The predicted molar refractivity (Wildman–Crippen MR) is 139 cm³/mol. The van der Waals surface area contributed by atoms with Crippen LogP contribution in [0.15, 0.2) is 18.2 Å². The number of aliphatic hydroxyl groups is 1. The number of nitrogens with one attached hydrogen (secondary N) is 3. The highest BCUT2D eigenvalue weighted by Crippen LogP contribution is 2.35. The van der Waals surface area contributed by atoms with Crippen molar-refractivity contribution in [3.63, 3.8) is 0 Å². The molecule has 0 radical (unpaired) electrons. The van der Waals surface area contributed by atoms with E-state index in [1.54, 1.807) is 11.0 Å². The second kappa shape index (κ2) is 14.5. The first-order valence-electron chi connectivity index (χ1n) is 13.4. The van der Waals surface area contributed by atoms with Crippen LogP contribution in [0, 0.1) is 24.6 Å². The molecular weight excluding hydrogens is 479 g/mol. The molecule has 4 unspecified atom stereocenters. The number of methoxy groups -OCH3 is 1. The van der Waals surface area contributed by atoms with Gasteiger partial charge in [-0.15, -0.1) is 0 Å². The summed E-state index contributed by atoms with van der Waals surface area (Å²) in [6.07, 6.45) is 4.24. The van der Waals surface area contributed by atoms with Gasteiger partial charge in [0.15, 0.2) is 0 Å². The van der Waals surface area contributed by atoms with Gasteiger partial charge in [0.2, 0.25) is 0 Å². The zero-order valence-electron chi connectivity index (χ0n) is 22.3. The Hall–Kier alpha value is -2.43. The number of alkyl carbamates (subject to hydrolysis) is 1. The molecule has 208 valence electrons. The van der Waals surface area contributed by atoms with E-state index in [4.69, 9.17) is 4.74 Å². The average molecular weight is 523 g/mol. The molecule has 4 N–H and O–H groups in total. The normalized spacial score (nSPS) is 20.8. The molecule has 3 rings (SSSR count). The van der Waals surface area contributed by atoms with Gasteiger partial charge in [0.05, 0.1) is 32.0 Å². The second-order valence-corrected chi connectivity index (χ2v) is 10.2. The number of nitrogens with zero attached hydrogens (tertiary/aromatic N) is 1. The molecule has 9 nitrogen and oxygen atoms in total. The lowest BCUT2D eigenvalue weighted by Crippen LogP contribution is -2.56. The zero-order chi connectivity index (χ0) is 26.8. The van der Waals surface area contributed by atoms with Crippen LogP contribution < -0.4 is 16.0 Å². The third-order valence-corrected chi connectivity index (χ3v) is 7.60. The Bertz CT molecular complexity index is 882. The number of likely N-dealkylation sites (N-methyl/N-ethyl adjacent to an activating group) is 1. The zero-order valence-corrected chi connectivity index (χ0v) is 22.3. The van der Waals surface area contributed by atoms with E-state index >= 15 is 0 Å².